The molecule has 2 heterocycles. The van der Waals surface area contributed by atoms with E-state index in [9.17, 15) is 9.18 Å². The highest BCUT2D eigenvalue weighted by Crippen LogP contribution is 2.38. The molecule has 0 saturated carbocycles. The molecule has 2 aromatic rings. The lowest BCUT2D eigenvalue weighted by Gasteiger charge is -2.42. The zero-order chi connectivity index (χ0) is 22.3. The molecule has 1 aromatic carbocycles. The first-order valence-electron chi connectivity index (χ1n) is 10.3. The molecule has 1 aliphatic rings. The molecule has 0 aliphatic carbocycles. The van der Waals surface area contributed by atoms with Crippen LogP contribution in [0.3, 0.4) is 0 Å². The molecule has 3 rings (SSSR count). The van der Waals surface area contributed by atoms with E-state index >= 15 is 0 Å². The second-order valence-corrected chi connectivity index (χ2v) is 8.07. The summed E-state index contributed by atoms with van der Waals surface area (Å²) in [4.78, 5) is 14.9. The van der Waals surface area contributed by atoms with E-state index in [1.165, 1.54) is 12.1 Å². The van der Waals surface area contributed by atoms with Crippen molar-refractivity contribution < 1.29 is 28.5 Å². The lowest BCUT2D eigenvalue weighted by Crippen LogP contribution is -2.50. The Hall–Kier alpha value is -2.77. The molecule has 1 aromatic heterocycles. The number of carboxylic acids is 1. The van der Waals surface area contributed by atoms with Crippen LogP contribution >= 0.6 is 0 Å². The fourth-order valence-corrected chi connectivity index (χ4v) is 3.51. The zero-order valence-electron chi connectivity index (χ0n) is 17.7. The van der Waals surface area contributed by atoms with Gasteiger partial charge in [-0.1, -0.05) is 24.3 Å². The summed E-state index contributed by atoms with van der Waals surface area (Å²) >= 11 is 0. The van der Waals surface area contributed by atoms with Crippen molar-refractivity contribution in [2.24, 2.45) is 5.92 Å². The normalized spacial score (nSPS) is 21.8. The molecule has 0 amide bonds. The number of pyridine rings is 1. The minimum atomic E-state index is -0.865. The lowest BCUT2D eigenvalue weighted by atomic mass is 9.92. The van der Waals surface area contributed by atoms with Crippen LogP contribution in [0.15, 0.2) is 60.9 Å². The van der Waals surface area contributed by atoms with Crippen LogP contribution in [0.5, 0.6) is 5.75 Å². The predicted molar refractivity (Wildman–Crippen MR) is 113 cm³/mol. The Bertz CT molecular complexity index is 887. The van der Waals surface area contributed by atoms with Crippen molar-refractivity contribution in [1.82, 2.24) is 4.98 Å². The maximum absolute atomic E-state index is 13.5. The summed E-state index contributed by atoms with van der Waals surface area (Å²) in [5.74, 6) is -0.752. The fourth-order valence-electron chi connectivity index (χ4n) is 3.51. The van der Waals surface area contributed by atoms with Crippen LogP contribution in [0.2, 0.25) is 0 Å². The second-order valence-electron chi connectivity index (χ2n) is 8.07. The maximum Gasteiger partial charge on any atom is 0.303 e. The molecule has 0 spiro atoms. The van der Waals surface area contributed by atoms with Crippen molar-refractivity contribution in [3.05, 3.63) is 72.3 Å². The zero-order valence-corrected chi connectivity index (χ0v) is 17.7. The van der Waals surface area contributed by atoms with Gasteiger partial charge in [-0.05, 0) is 50.5 Å². The molecule has 3 atom stereocenters. The molecule has 1 N–H and O–H groups in total. The molecular weight excluding hydrogens is 401 g/mol. The van der Waals surface area contributed by atoms with Crippen LogP contribution in [0, 0.1) is 11.7 Å². The number of carbonyl (C=O) groups is 1. The summed E-state index contributed by atoms with van der Waals surface area (Å²) in [6, 6.07) is 9.79. The van der Waals surface area contributed by atoms with Crippen molar-refractivity contribution in [2.75, 3.05) is 6.61 Å². The molecule has 6 nitrogen and oxygen atoms in total. The van der Waals surface area contributed by atoms with E-state index in [2.05, 4.69) is 4.98 Å². The number of ether oxygens (including phenoxy) is 3. The van der Waals surface area contributed by atoms with Gasteiger partial charge in [0.1, 0.15) is 11.6 Å². The van der Waals surface area contributed by atoms with Gasteiger partial charge in [-0.3, -0.25) is 9.78 Å². The van der Waals surface area contributed by atoms with E-state index < -0.39 is 17.9 Å². The predicted octanol–water partition coefficient (Wildman–Crippen LogP) is 4.92. The third kappa shape index (κ3) is 6.60. The topological polar surface area (TPSA) is 77.9 Å². The van der Waals surface area contributed by atoms with Crippen LogP contribution in [0.25, 0.3) is 0 Å². The van der Waals surface area contributed by atoms with E-state index in [1.54, 1.807) is 24.5 Å². The van der Waals surface area contributed by atoms with E-state index in [1.807, 2.05) is 38.1 Å². The van der Waals surface area contributed by atoms with Gasteiger partial charge in [0.05, 0.1) is 12.7 Å². The Labute approximate surface area is 181 Å². The molecule has 31 heavy (non-hydrogen) atoms. The Morgan fingerprint density at radius 1 is 1.32 bits per heavy atom. The average Bonchev–Trinajstić information content (AvgIpc) is 2.73. The summed E-state index contributed by atoms with van der Waals surface area (Å²) in [7, 11) is 0. The number of allylic oxidation sites excluding steroid dienone is 2. The molecule has 1 aliphatic heterocycles. The van der Waals surface area contributed by atoms with E-state index in [-0.39, 0.29) is 24.3 Å². The Kier molecular flexibility index (Phi) is 7.76. The smallest absolute Gasteiger partial charge is 0.303 e. The number of benzene rings is 1. The van der Waals surface area contributed by atoms with E-state index in [0.29, 0.717) is 25.2 Å². The highest BCUT2D eigenvalue weighted by atomic mass is 19.1. The second kappa shape index (κ2) is 10.5. The van der Waals surface area contributed by atoms with Gasteiger partial charge in [-0.25, -0.2) is 4.39 Å². The Balaban J connectivity index is 1.71. The minimum absolute atomic E-state index is 0.0338. The van der Waals surface area contributed by atoms with Crippen LogP contribution in [-0.2, 0) is 14.3 Å². The summed E-state index contributed by atoms with van der Waals surface area (Å²) in [6.45, 7) is 4.12. The van der Waals surface area contributed by atoms with Gasteiger partial charge in [-0.15, -0.1) is 0 Å². The fraction of sp³-hybridized carbons (Fsp3) is 0.417. The van der Waals surface area contributed by atoms with Gasteiger partial charge in [0.2, 0.25) is 0 Å². The number of aliphatic carboxylic acids is 1. The first-order valence-corrected chi connectivity index (χ1v) is 10.3. The first-order chi connectivity index (χ1) is 14.8. The monoisotopic (exact) mass is 429 g/mol. The van der Waals surface area contributed by atoms with Crippen LogP contribution in [0.4, 0.5) is 4.39 Å². The number of rotatable bonds is 9. The van der Waals surface area contributed by atoms with Gasteiger partial charge in [0.15, 0.2) is 11.9 Å². The maximum atomic E-state index is 13.5. The third-order valence-corrected chi connectivity index (χ3v) is 5.05. The first kappa shape index (κ1) is 22.9. The highest BCUT2D eigenvalue weighted by molar-refractivity contribution is 5.66. The molecule has 166 valence electrons. The number of nitrogens with zero attached hydrogens (tertiary/aromatic N) is 1. The Morgan fingerprint density at radius 2 is 2.16 bits per heavy atom. The van der Waals surface area contributed by atoms with Crippen LogP contribution in [-0.4, -0.2) is 34.6 Å². The van der Waals surface area contributed by atoms with Gasteiger partial charge in [0.25, 0.3) is 0 Å². The summed E-state index contributed by atoms with van der Waals surface area (Å²) in [6.07, 6.45) is 7.65. The van der Waals surface area contributed by atoms with Crippen LogP contribution < -0.4 is 4.74 Å². The van der Waals surface area contributed by atoms with E-state index in [0.717, 1.165) is 5.56 Å². The summed E-state index contributed by atoms with van der Waals surface area (Å²) in [5, 5.41) is 8.77. The summed E-state index contributed by atoms with van der Waals surface area (Å²) in [5.41, 5.74) is 0.0672. The highest BCUT2D eigenvalue weighted by Gasteiger charge is 2.42. The number of carboxylic acid groups (broad SMARTS) is 1. The molecule has 1 fully saturated rings. The molecule has 0 bridgehead atoms. The molecule has 0 radical (unpaired) electrons. The molecule has 1 saturated heterocycles. The van der Waals surface area contributed by atoms with Crippen molar-refractivity contribution in [2.45, 2.75) is 51.1 Å². The lowest BCUT2D eigenvalue weighted by molar-refractivity contribution is -0.288. The van der Waals surface area contributed by atoms with Crippen molar-refractivity contribution >= 4 is 5.97 Å². The SMILES string of the molecule is CC(C)(Oc1cccc(F)c1)[C@H]1OC[C@@H](C/C=C\CCC(=O)O)[C@@H](c2cccnc2)O1. The molecule has 7 heteroatoms. The minimum Gasteiger partial charge on any atom is -0.482 e. The molecular formula is C24H28FNO5. The molecule has 0 unspecified atom stereocenters. The number of aromatic nitrogens is 1. The van der Waals surface area contributed by atoms with Crippen molar-refractivity contribution in [3.8, 4) is 5.75 Å². The van der Waals surface area contributed by atoms with Crippen molar-refractivity contribution in [3.63, 3.8) is 0 Å². The quantitative estimate of drug-likeness (QED) is 0.570. The van der Waals surface area contributed by atoms with Gasteiger partial charge in [-0.2, -0.15) is 0 Å². The Morgan fingerprint density at radius 3 is 2.87 bits per heavy atom. The van der Waals surface area contributed by atoms with Gasteiger partial charge < -0.3 is 19.3 Å². The number of hydrogen-bond acceptors (Lipinski definition) is 5. The summed E-state index contributed by atoms with van der Waals surface area (Å²) < 4.78 is 31.9. The van der Waals surface area contributed by atoms with Gasteiger partial charge >= 0.3 is 5.97 Å². The van der Waals surface area contributed by atoms with E-state index in [4.69, 9.17) is 19.3 Å². The van der Waals surface area contributed by atoms with Crippen molar-refractivity contribution in [1.29, 1.82) is 0 Å². The number of halogens is 1. The van der Waals surface area contributed by atoms with Gasteiger partial charge in [0, 0.05) is 30.8 Å². The van der Waals surface area contributed by atoms with Crippen LogP contribution in [0.1, 0.15) is 44.8 Å². The standard InChI is InChI=1S/C24H28FNO5/c1-24(2,31-20-11-6-10-19(25)14-20)23-29-16-18(8-4-3-5-12-21(27)28)22(30-23)17-9-7-13-26-15-17/h3-4,6-7,9-11,13-15,18,22-23H,5,8,12,16H2,1-2H3,(H,27,28)/b4-3-/t18-,22-,23+/m1/s1. The number of hydrogen-bond donors (Lipinski definition) is 1. The average molecular weight is 429 g/mol. The largest absolute Gasteiger partial charge is 0.482 e. The third-order valence-electron chi connectivity index (χ3n) is 5.05.